The van der Waals surface area contributed by atoms with Gasteiger partial charge in [-0.1, -0.05) is 6.07 Å². The van der Waals surface area contributed by atoms with Crippen molar-refractivity contribution in [1.29, 1.82) is 0 Å². The summed E-state index contributed by atoms with van der Waals surface area (Å²) < 4.78 is 15.1. The van der Waals surface area contributed by atoms with Gasteiger partial charge in [-0.25, -0.2) is 13.9 Å². The van der Waals surface area contributed by atoms with Crippen molar-refractivity contribution in [2.75, 3.05) is 11.4 Å². The van der Waals surface area contributed by atoms with Crippen LogP contribution in [-0.4, -0.2) is 27.0 Å². The van der Waals surface area contributed by atoms with Crippen LogP contribution in [0.1, 0.15) is 22.5 Å². The van der Waals surface area contributed by atoms with Crippen LogP contribution < -0.4 is 10.5 Å². The number of anilines is 1. The van der Waals surface area contributed by atoms with E-state index in [0.29, 0.717) is 23.6 Å². The summed E-state index contributed by atoms with van der Waals surface area (Å²) in [7, 11) is 0. The Kier molecular flexibility index (Phi) is 3.45. The lowest BCUT2D eigenvalue weighted by Gasteiger charge is -2.19. The van der Waals surface area contributed by atoms with Crippen molar-refractivity contribution in [1.82, 2.24) is 14.6 Å². The molecule has 0 radical (unpaired) electrons. The monoisotopic (exact) mass is 340 g/mol. The molecule has 2 aromatic heterocycles. The third kappa shape index (κ3) is 2.52. The molecule has 1 amide bonds. The minimum atomic E-state index is -0.348. The van der Waals surface area contributed by atoms with Crippen molar-refractivity contribution in [2.45, 2.75) is 26.7 Å². The number of H-pyrrole nitrogens is 1. The van der Waals surface area contributed by atoms with Crippen LogP contribution in [0.5, 0.6) is 0 Å². The van der Waals surface area contributed by atoms with Gasteiger partial charge in [0.25, 0.3) is 5.56 Å². The predicted octanol–water partition coefficient (Wildman–Crippen LogP) is 1.91. The van der Waals surface area contributed by atoms with Crippen LogP contribution in [0.15, 0.2) is 29.1 Å². The molecule has 7 heteroatoms. The first kappa shape index (κ1) is 15.6. The molecule has 6 nitrogen and oxygen atoms in total. The quantitative estimate of drug-likeness (QED) is 0.775. The van der Waals surface area contributed by atoms with E-state index in [1.54, 1.807) is 15.5 Å². The number of hydrogen-bond donors (Lipinski definition) is 1. The van der Waals surface area contributed by atoms with E-state index < -0.39 is 0 Å². The van der Waals surface area contributed by atoms with Gasteiger partial charge >= 0.3 is 0 Å². The molecule has 0 fully saturated rings. The molecule has 0 bridgehead atoms. The lowest BCUT2D eigenvalue weighted by atomic mass is 10.1. The summed E-state index contributed by atoms with van der Waals surface area (Å²) in [6.45, 7) is 4.22. The zero-order valence-electron chi connectivity index (χ0n) is 14.0. The molecule has 0 saturated heterocycles. The zero-order valence-corrected chi connectivity index (χ0v) is 14.0. The molecule has 0 aliphatic carbocycles. The Morgan fingerprint density at radius 1 is 1.32 bits per heavy atom. The molecule has 1 aliphatic heterocycles. The van der Waals surface area contributed by atoms with Crippen LogP contribution in [0.3, 0.4) is 0 Å². The van der Waals surface area contributed by atoms with Gasteiger partial charge in [-0.15, -0.1) is 0 Å². The fraction of sp³-hybridized carbons (Fsp3) is 0.278. The highest BCUT2D eigenvalue weighted by molar-refractivity contribution is 5.97. The van der Waals surface area contributed by atoms with Crippen molar-refractivity contribution in [3.8, 4) is 0 Å². The molecule has 0 saturated carbocycles. The number of carbonyl (C=O) groups excluding carboxylic acids is 1. The minimum Gasteiger partial charge on any atom is -0.311 e. The van der Waals surface area contributed by atoms with Gasteiger partial charge in [0.2, 0.25) is 5.91 Å². The number of nitrogens with one attached hydrogen (secondary N) is 1. The van der Waals surface area contributed by atoms with E-state index in [1.165, 1.54) is 18.2 Å². The lowest BCUT2D eigenvalue weighted by molar-refractivity contribution is -0.117. The van der Waals surface area contributed by atoms with E-state index in [9.17, 15) is 14.0 Å². The smallest absolute Gasteiger partial charge is 0.266 e. The molecular formula is C18H17FN4O2. The standard InChI is InChI=1S/C18H17FN4O2/c1-10-14(11(2)23-16(20-10)9-17(24)21-23)8-18(25)22-6-5-12-3-4-13(19)7-15(12)22/h3-4,7,9H,5-6,8H2,1-2H3,(H,21,24). The predicted molar refractivity (Wildman–Crippen MR) is 91.4 cm³/mol. The zero-order chi connectivity index (χ0) is 17.7. The van der Waals surface area contributed by atoms with Gasteiger partial charge in [0, 0.05) is 35.2 Å². The van der Waals surface area contributed by atoms with Gasteiger partial charge in [0.15, 0.2) is 5.65 Å². The molecule has 0 unspecified atom stereocenters. The van der Waals surface area contributed by atoms with E-state index in [2.05, 4.69) is 10.1 Å². The Balaban J connectivity index is 1.70. The number of aryl methyl sites for hydroxylation is 2. The minimum absolute atomic E-state index is 0.105. The number of aromatic amines is 1. The molecule has 0 atom stereocenters. The second-order valence-corrected chi connectivity index (χ2v) is 6.32. The highest BCUT2D eigenvalue weighted by Crippen LogP contribution is 2.29. The number of aromatic nitrogens is 3. The summed E-state index contributed by atoms with van der Waals surface area (Å²) in [4.78, 5) is 30.4. The topological polar surface area (TPSA) is 70.5 Å². The summed E-state index contributed by atoms with van der Waals surface area (Å²) in [5.74, 6) is -0.454. The highest BCUT2D eigenvalue weighted by atomic mass is 19.1. The average molecular weight is 340 g/mol. The van der Waals surface area contributed by atoms with E-state index in [4.69, 9.17) is 0 Å². The van der Waals surface area contributed by atoms with Gasteiger partial charge in [-0.2, -0.15) is 0 Å². The molecule has 4 rings (SSSR count). The second kappa shape index (κ2) is 5.54. The van der Waals surface area contributed by atoms with Crippen molar-refractivity contribution in [3.05, 3.63) is 63.0 Å². The fourth-order valence-corrected chi connectivity index (χ4v) is 3.47. The van der Waals surface area contributed by atoms with Gasteiger partial charge in [-0.3, -0.25) is 14.7 Å². The van der Waals surface area contributed by atoms with Gasteiger partial charge < -0.3 is 4.90 Å². The largest absolute Gasteiger partial charge is 0.311 e. The summed E-state index contributed by atoms with van der Waals surface area (Å²) in [6, 6.07) is 5.98. The second-order valence-electron chi connectivity index (χ2n) is 6.32. The Morgan fingerprint density at radius 3 is 2.92 bits per heavy atom. The van der Waals surface area contributed by atoms with Crippen LogP contribution >= 0.6 is 0 Å². The maximum absolute atomic E-state index is 13.5. The third-order valence-electron chi connectivity index (χ3n) is 4.77. The van der Waals surface area contributed by atoms with Crippen molar-refractivity contribution >= 4 is 17.2 Å². The fourth-order valence-electron chi connectivity index (χ4n) is 3.47. The van der Waals surface area contributed by atoms with Crippen molar-refractivity contribution in [3.63, 3.8) is 0 Å². The normalized spacial score (nSPS) is 13.5. The maximum Gasteiger partial charge on any atom is 0.266 e. The van der Waals surface area contributed by atoms with Crippen LogP contribution in [0.25, 0.3) is 5.65 Å². The highest BCUT2D eigenvalue weighted by Gasteiger charge is 2.26. The number of hydrogen-bond acceptors (Lipinski definition) is 3. The number of fused-ring (bicyclic) bond motifs is 2. The molecule has 3 heterocycles. The first-order valence-electron chi connectivity index (χ1n) is 8.10. The first-order chi connectivity index (χ1) is 11.9. The van der Waals surface area contributed by atoms with E-state index in [0.717, 1.165) is 23.2 Å². The Bertz CT molecular complexity index is 1070. The average Bonchev–Trinajstić information content (AvgIpc) is 3.14. The summed E-state index contributed by atoms with van der Waals surface area (Å²) in [6.07, 6.45) is 0.873. The van der Waals surface area contributed by atoms with Gasteiger partial charge in [0.1, 0.15) is 5.82 Å². The molecule has 0 spiro atoms. The molecule has 128 valence electrons. The Morgan fingerprint density at radius 2 is 2.12 bits per heavy atom. The summed E-state index contributed by atoms with van der Waals surface area (Å²) in [5.41, 5.74) is 4.18. The van der Waals surface area contributed by atoms with Gasteiger partial charge in [0.05, 0.1) is 6.42 Å². The SMILES string of the molecule is Cc1nc2cc(=O)[nH]n2c(C)c1CC(=O)N1CCc2ccc(F)cc21. The maximum atomic E-state index is 13.5. The number of amides is 1. The van der Waals surface area contributed by atoms with Crippen LogP contribution in [0.4, 0.5) is 10.1 Å². The lowest BCUT2D eigenvalue weighted by Crippen LogP contribution is -2.31. The van der Waals surface area contributed by atoms with Crippen molar-refractivity contribution in [2.24, 2.45) is 0 Å². The van der Waals surface area contributed by atoms with E-state index in [-0.39, 0.29) is 23.7 Å². The third-order valence-corrected chi connectivity index (χ3v) is 4.77. The molecule has 3 aromatic rings. The molecule has 25 heavy (non-hydrogen) atoms. The van der Waals surface area contributed by atoms with Crippen LogP contribution in [0.2, 0.25) is 0 Å². The number of rotatable bonds is 2. The summed E-state index contributed by atoms with van der Waals surface area (Å²) in [5, 5.41) is 2.68. The molecule has 1 aliphatic rings. The Hall–Kier alpha value is -2.96. The summed E-state index contributed by atoms with van der Waals surface area (Å²) >= 11 is 0. The number of benzene rings is 1. The number of carbonyl (C=O) groups is 1. The van der Waals surface area contributed by atoms with E-state index >= 15 is 0 Å². The molecule has 1 N–H and O–H groups in total. The number of halogens is 1. The number of nitrogens with zero attached hydrogens (tertiary/aromatic N) is 3. The van der Waals surface area contributed by atoms with Crippen LogP contribution in [0, 0.1) is 19.7 Å². The Labute approximate surface area is 142 Å². The molecule has 1 aromatic carbocycles. The van der Waals surface area contributed by atoms with Gasteiger partial charge in [-0.05, 0) is 38.0 Å². The molecular weight excluding hydrogens is 323 g/mol. The van der Waals surface area contributed by atoms with Crippen LogP contribution in [-0.2, 0) is 17.6 Å². The van der Waals surface area contributed by atoms with Crippen molar-refractivity contribution < 1.29 is 9.18 Å². The first-order valence-corrected chi connectivity index (χ1v) is 8.10. The van der Waals surface area contributed by atoms with E-state index in [1.807, 2.05) is 13.8 Å².